The second-order valence-corrected chi connectivity index (χ2v) is 26.4. The Balaban J connectivity index is 0.00000166. The van der Waals surface area contributed by atoms with Gasteiger partial charge in [0.25, 0.3) is 27.7 Å². The standard InChI is InChI=1S/C44H38N6O6S7.O2S/c1-40-35(52)47(25-59-38(57)60-40)33-42(23-32(51)45(40)3,29-20-12-14-22-31(29)50(33)63(55,56)27-17-9-6-10-18-27)43-24-44-37(54)46(4)41(2,61-39(58)62-44)36(53)49(44)34(43)48(26-15-7-5-8-16-26)30-21-13-11-19-28(30)43;1-3-2/h5-22,33-34H,23-25H2,1-4H3;/t33-,34+,40+,41+,42?,43?,44?;/m0./s1. The van der Waals surface area contributed by atoms with Crippen LogP contribution in [0, 0.1) is 0 Å². The summed E-state index contributed by atoms with van der Waals surface area (Å²) < 4.78 is 50.4. The summed E-state index contributed by atoms with van der Waals surface area (Å²) in [7, 11) is -1.32. The summed E-state index contributed by atoms with van der Waals surface area (Å²) in [5, 5.41) is 0. The molecule has 7 atom stereocenters. The number of hydrogen-bond acceptors (Lipinski definition) is 15. The fourth-order valence-electron chi connectivity index (χ4n) is 11.4. The van der Waals surface area contributed by atoms with E-state index in [-0.39, 0.29) is 41.1 Å². The lowest BCUT2D eigenvalue weighted by Gasteiger charge is -2.57. The highest BCUT2D eigenvalue weighted by atomic mass is 32.2. The minimum absolute atomic E-state index is 0.00846. The molecule has 6 saturated heterocycles. The predicted molar refractivity (Wildman–Crippen MR) is 266 cm³/mol. The van der Waals surface area contributed by atoms with Crippen LogP contribution in [0.1, 0.15) is 37.8 Å². The highest BCUT2D eigenvalue weighted by Gasteiger charge is 2.84. The molecule has 3 unspecified atom stereocenters. The first-order chi connectivity index (χ1) is 31.4. The lowest BCUT2D eigenvalue weighted by Crippen LogP contribution is -2.74. The van der Waals surface area contributed by atoms with E-state index in [1.165, 1.54) is 61.5 Å². The third-order valence-electron chi connectivity index (χ3n) is 14.3. The SMILES string of the molecule is CN1C(=O)CC2(C34CC56SC(=S)S[C@](C)(C(=O)N5[C@H]3N(c3ccccc3)c3ccccc34)N(C)C6=O)c3ccccc3N(S(=O)(=O)c3ccccc3)[C@@H]2N2CSC(=S)S[C@]1(C)C2=O.O=S=O. The van der Waals surface area contributed by atoms with Crippen LogP contribution < -0.4 is 9.21 Å². The van der Waals surface area contributed by atoms with Crippen molar-refractivity contribution in [1.29, 1.82) is 0 Å². The van der Waals surface area contributed by atoms with Crippen molar-refractivity contribution in [3.63, 3.8) is 0 Å². The van der Waals surface area contributed by atoms with Gasteiger partial charge in [-0.3, -0.25) is 24.1 Å². The van der Waals surface area contributed by atoms with Crippen molar-refractivity contribution in [3.05, 3.63) is 120 Å². The second kappa shape index (κ2) is 15.6. The highest BCUT2D eigenvalue weighted by molar-refractivity contribution is 8.48. The number of thiocarbonyl (C=S) groups is 2. The number of fused-ring (bicyclic) bond motifs is 13. The van der Waals surface area contributed by atoms with Crippen LogP contribution in [0.2, 0.25) is 0 Å². The van der Waals surface area contributed by atoms with E-state index in [4.69, 9.17) is 32.9 Å². The van der Waals surface area contributed by atoms with E-state index in [9.17, 15) is 0 Å². The van der Waals surface area contributed by atoms with Crippen molar-refractivity contribution < 1.29 is 36.0 Å². The van der Waals surface area contributed by atoms with Gasteiger partial charge >= 0.3 is 11.6 Å². The molecule has 0 aromatic heterocycles. The van der Waals surface area contributed by atoms with Gasteiger partial charge in [0, 0.05) is 38.3 Å². The van der Waals surface area contributed by atoms with E-state index in [1.807, 2.05) is 66.7 Å². The number of hydrogen-bond donors (Lipinski definition) is 0. The van der Waals surface area contributed by atoms with E-state index in [1.54, 1.807) is 68.1 Å². The highest BCUT2D eigenvalue weighted by Crippen LogP contribution is 2.75. The summed E-state index contributed by atoms with van der Waals surface area (Å²) in [6.07, 6.45) is -2.88. The van der Waals surface area contributed by atoms with Crippen molar-refractivity contribution in [3.8, 4) is 0 Å². The number of para-hydroxylation sites is 3. The van der Waals surface area contributed by atoms with E-state index in [0.29, 0.717) is 23.9 Å². The Morgan fingerprint density at radius 3 is 1.85 bits per heavy atom. The Hall–Kier alpha value is -4.29. The molecule has 22 heteroatoms. The first-order valence-corrected chi connectivity index (χ1v) is 26.8. The van der Waals surface area contributed by atoms with E-state index >= 15 is 27.6 Å². The first kappa shape index (κ1) is 45.5. The Kier molecular flexibility index (Phi) is 10.8. The minimum Gasteiger partial charge on any atom is -0.323 e. The number of benzene rings is 4. The number of likely N-dealkylation sites (N-methyl/N-ethyl adjacent to an activating group) is 2. The average molecular weight is 1040 g/mol. The molecule has 0 saturated carbocycles. The maximum atomic E-state index is 15.9. The van der Waals surface area contributed by atoms with Crippen molar-refractivity contribution in [2.24, 2.45) is 0 Å². The molecule has 66 heavy (non-hydrogen) atoms. The van der Waals surface area contributed by atoms with Crippen LogP contribution >= 0.6 is 71.5 Å². The van der Waals surface area contributed by atoms with Crippen LogP contribution in [0.4, 0.5) is 17.1 Å². The van der Waals surface area contributed by atoms with E-state index in [0.717, 1.165) is 17.4 Å². The van der Waals surface area contributed by atoms with Gasteiger partial charge in [-0.25, -0.2) is 12.7 Å². The molecule has 4 amide bonds. The summed E-state index contributed by atoms with van der Waals surface area (Å²) in [6.45, 7) is 3.38. The summed E-state index contributed by atoms with van der Waals surface area (Å²) in [6, 6.07) is 32.6. The summed E-state index contributed by atoms with van der Waals surface area (Å²) >= 11 is 15.9. The Morgan fingerprint density at radius 1 is 0.652 bits per heavy atom. The molecule has 4 bridgehead atoms. The van der Waals surface area contributed by atoms with Crippen molar-refractivity contribution in [1.82, 2.24) is 19.6 Å². The monoisotopic (exact) mass is 1030 g/mol. The molecule has 4 aromatic rings. The molecule has 6 fully saturated rings. The zero-order chi connectivity index (χ0) is 46.9. The van der Waals surface area contributed by atoms with Gasteiger partial charge in [-0.15, -0.1) is 0 Å². The molecule has 8 aliphatic rings. The van der Waals surface area contributed by atoms with Crippen LogP contribution in [0.3, 0.4) is 0 Å². The zero-order valence-corrected chi connectivity index (χ0v) is 41.9. The van der Waals surface area contributed by atoms with E-state index < -0.39 is 71.2 Å². The third-order valence-corrected chi connectivity index (χ3v) is 22.0. The van der Waals surface area contributed by atoms with Crippen molar-refractivity contribution >= 4 is 141 Å². The molecule has 0 radical (unpaired) electrons. The maximum absolute atomic E-state index is 15.9. The van der Waals surface area contributed by atoms with Crippen LogP contribution in [0.15, 0.2) is 114 Å². The lowest BCUT2D eigenvalue weighted by atomic mass is 9.53. The van der Waals surface area contributed by atoms with Gasteiger partial charge in [0.1, 0.15) is 19.4 Å². The van der Waals surface area contributed by atoms with Crippen LogP contribution in [0.25, 0.3) is 0 Å². The summed E-state index contributed by atoms with van der Waals surface area (Å²) in [4.78, 5) is 66.7. The van der Waals surface area contributed by atoms with Crippen molar-refractivity contribution in [2.45, 2.75) is 69.4 Å². The van der Waals surface area contributed by atoms with Crippen molar-refractivity contribution in [2.75, 3.05) is 29.2 Å². The lowest BCUT2D eigenvalue weighted by molar-refractivity contribution is -0.163. The normalized spacial score (nSPS) is 32.1. The molecular formula is C44H38N6O8S8. The smallest absolute Gasteiger partial charge is 0.323 e. The fourth-order valence-corrected chi connectivity index (χ4v) is 19.7. The maximum Gasteiger partial charge on any atom is 0.335 e. The Bertz CT molecular complexity index is 2990. The number of anilines is 3. The van der Waals surface area contributed by atoms with Gasteiger partial charge in [0.2, 0.25) is 5.91 Å². The molecule has 340 valence electrons. The number of thioether (sulfide) groups is 4. The Labute approximate surface area is 412 Å². The van der Waals surface area contributed by atoms with Gasteiger partial charge in [0.15, 0.2) is 14.6 Å². The zero-order valence-electron chi connectivity index (χ0n) is 35.4. The molecule has 14 nitrogen and oxygen atoms in total. The molecular weight excluding hydrogens is 997 g/mol. The van der Waals surface area contributed by atoms with Crippen LogP contribution in [-0.4, -0.2) is 114 Å². The minimum atomic E-state index is -4.56. The third kappa shape index (κ3) is 5.72. The first-order valence-electron chi connectivity index (χ1n) is 20.4. The number of sulfonamides is 1. The summed E-state index contributed by atoms with van der Waals surface area (Å²) in [5.41, 5.74) is -0.297. The number of nitrogens with zero attached hydrogens (tertiary/aromatic N) is 6. The molecule has 8 aliphatic heterocycles. The number of piperazine rings is 1. The van der Waals surface area contributed by atoms with Crippen LogP contribution in [0.5, 0.6) is 0 Å². The van der Waals surface area contributed by atoms with Gasteiger partial charge < -0.3 is 19.6 Å². The topological polar surface area (TPSA) is 156 Å². The largest absolute Gasteiger partial charge is 0.335 e. The van der Waals surface area contributed by atoms with Crippen LogP contribution in [-0.2, 0) is 51.6 Å². The number of carbonyl (C=O) groups excluding carboxylic acids is 4. The molecule has 12 rings (SSSR count). The van der Waals surface area contributed by atoms with E-state index in [2.05, 4.69) is 4.90 Å². The molecule has 4 aromatic carbocycles. The summed E-state index contributed by atoms with van der Waals surface area (Å²) in [5.74, 6) is -1.65. The van der Waals surface area contributed by atoms with Gasteiger partial charge in [0.05, 0.1) is 27.3 Å². The number of rotatable bonds is 4. The number of carbonyl (C=O) groups is 4. The second-order valence-electron chi connectivity index (χ2n) is 17.1. The fraction of sp³-hybridized carbons (Fsp3) is 0.318. The average Bonchev–Trinajstić information content (AvgIpc) is 3.81. The number of amides is 4. The molecule has 0 aliphatic carbocycles. The predicted octanol–water partition coefficient (Wildman–Crippen LogP) is 6.22. The van der Waals surface area contributed by atoms with Gasteiger partial charge in [-0.1, -0.05) is 144 Å². The molecule has 0 N–H and O–H groups in total. The quantitative estimate of drug-likeness (QED) is 0.213. The Morgan fingerprint density at radius 2 is 1.20 bits per heavy atom. The van der Waals surface area contributed by atoms with Gasteiger partial charge in [-0.2, -0.15) is 8.42 Å². The van der Waals surface area contributed by atoms with Gasteiger partial charge in [-0.05, 0) is 61.4 Å². The molecule has 1 spiro atoms. The molecule has 8 heterocycles.